The molecule has 0 aliphatic carbocycles. The average molecular weight is 218 g/mol. The molecule has 0 aromatic heterocycles. The van der Waals surface area contributed by atoms with Gasteiger partial charge in [0.15, 0.2) is 0 Å². The Hall–Kier alpha value is -1.51. The van der Waals surface area contributed by atoms with E-state index in [1.54, 1.807) is 4.90 Å². The number of rotatable bonds is 1. The molecule has 1 amide bonds. The van der Waals surface area contributed by atoms with Crippen LogP contribution in [0.15, 0.2) is 18.2 Å². The molecule has 1 unspecified atom stereocenters. The van der Waals surface area contributed by atoms with Gasteiger partial charge >= 0.3 is 0 Å². The molecule has 3 heteroatoms. The second kappa shape index (κ2) is 3.81. The van der Waals surface area contributed by atoms with E-state index in [-0.39, 0.29) is 11.9 Å². The Kier molecular flexibility index (Phi) is 2.62. The van der Waals surface area contributed by atoms with Gasteiger partial charge in [0.05, 0.1) is 11.4 Å². The molecule has 0 saturated carbocycles. The maximum atomic E-state index is 12.1. The number of para-hydroxylation sites is 1. The van der Waals surface area contributed by atoms with Crippen LogP contribution in [0.1, 0.15) is 19.4 Å². The van der Waals surface area contributed by atoms with Gasteiger partial charge in [-0.05, 0) is 24.5 Å². The van der Waals surface area contributed by atoms with Crippen LogP contribution in [-0.2, 0) is 4.79 Å². The molecule has 0 fully saturated rings. The molecule has 0 saturated heterocycles. The highest BCUT2D eigenvalue weighted by molar-refractivity contribution is 6.05. The molecule has 0 bridgehead atoms. The van der Waals surface area contributed by atoms with E-state index in [2.05, 4.69) is 19.2 Å². The Bertz CT molecular complexity index is 426. The number of aryl methyl sites for hydroxylation is 1. The first kappa shape index (κ1) is 11.0. The zero-order valence-corrected chi connectivity index (χ0v) is 10.2. The fourth-order valence-corrected chi connectivity index (χ4v) is 2.22. The summed E-state index contributed by atoms with van der Waals surface area (Å²) in [7, 11) is 1.85. The Morgan fingerprint density at radius 2 is 2.06 bits per heavy atom. The van der Waals surface area contributed by atoms with E-state index in [1.807, 2.05) is 32.2 Å². The fraction of sp³-hybridized carbons (Fsp3) is 0.462. The lowest BCUT2D eigenvalue weighted by molar-refractivity contribution is -0.120. The van der Waals surface area contributed by atoms with Crippen molar-refractivity contribution in [3.8, 4) is 0 Å². The quantitative estimate of drug-likeness (QED) is 0.785. The van der Waals surface area contributed by atoms with E-state index in [1.165, 1.54) is 0 Å². The van der Waals surface area contributed by atoms with Crippen molar-refractivity contribution in [1.82, 2.24) is 0 Å². The molecular formula is C13H18N2O. The second-order valence-electron chi connectivity index (χ2n) is 4.73. The summed E-state index contributed by atoms with van der Waals surface area (Å²) in [6, 6.07) is 5.96. The molecule has 1 heterocycles. The van der Waals surface area contributed by atoms with Gasteiger partial charge in [0.1, 0.15) is 6.04 Å². The van der Waals surface area contributed by atoms with Crippen molar-refractivity contribution >= 4 is 17.3 Å². The van der Waals surface area contributed by atoms with Gasteiger partial charge in [-0.3, -0.25) is 4.79 Å². The lowest BCUT2D eigenvalue weighted by atomic mass is 9.98. The van der Waals surface area contributed by atoms with Gasteiger partial charge in [-0.2, -0.15) is 0 Å². The van der Waals surface area contributed by atoms with Crippen molar-refractivity contribution in [2.75, 3.05) is 17.3 Å². The monoisotopic (exact) mass is 218 g/mol. The molecule has 3 nitrogen and oxygen atoms in total. The fourth-order valence-electron chi connectivity index (χ4n) is 2.22. The van der Waals surface area contributed by atoms with Crippen LogP contribution in [0.5, 0.6) is 0 Å². The van der Waals surface area contributed by atoms with E-state index < -0.39 is 0 Å². The number of carbonyl (C=O) groups excluding carboxylic acids is 1. The minimum atomic E-state index is -0.112. The predicted molar refractivity (Wildman–Crippen MR) is 66.8 cm³/mol. The van der Waals surface area contributed by atoms with Crippen LogP contribution in [0, 0.1) is 12.8 Å². The van der Waals surface area contributed by atoms with Crippen LogP contribution in [0.4, 0.5) is 11.4 Å². The number of carbonyl (C=O) groups is 1. The van der Waals surface area contributed by atoms with Crippen LogP contribution >= 0.6 is 0 Å². The van der Waals surface area contributed by atoms with E-state index >= 15 is 0 Å². The zero-order chi connectivity index (χ0) is 11.9. The Morgan fingerprint density at radius 3 is 2.69 bits per heavy atom. The number of likely N-dealkylation sites (N-methyl/N-ethyl adjacent to an activating group) is 1. The molecule has 2 rings (SSSR count). The Balaban J connectivity index is 2.48. The van der Waals surface area contributed by atoms with Crippen molar-refractivity contribution in [3.63, 3.8) is 0 Å². The van der Waals surface area contributed by atoms with E-state index in [9.17, 15) is 4.79 Å². The topological polar surface area (TPSA) is 32.3 Å². The Morgan fingerprint density at radius 1 is 1.38 bits per heavy atom. The zero-order valence-electron chi connectivity index (χ0n) is 10.2. The number of hydrogen-bond donors (Lipinski definition) is 1. The summed E-state index contributed by atoms with van der Waals surface area (Å²) in [5, 5.41) is 3.33. The first-order valence-electron chi connectivity index (χ1n) is 5.66. The summed E-state index contributed by atoms with van der Waals surface area (Å²) in [5.41, 5.74) is 3.19. The van der Waals surface area contributed by atoms with Gasteiger partial charge in [-0.1, -0.05) is 26.0 Å². The normalized spacial score (nSPS) is 19.7. The number of fused-ring (bicyclic) bond motifs is 1. The predicted octanol–water partition coefficient (Wildman–Crippen LogP) is 2.41. The van der Waals surface area contributed by atoms with Crippen LogP contribution in [0.2, 0.25) is 0 Å². The maximum Gasteiger partial charge on any atom is 0.249 e. The summed E-state index contributed by atoms with van der Waals surface area (Å²) in [5.74, 6) is 0.445. The van der Waals surface area contributed by atoms with Crippen molar-refractivity contribution in [1.29, 1.82) is 0 Å². The first-order chi connectivity index (χ1) is 7.52. The number of benzene rings is 1. The minimum absolute atomic E-state index is 0.112. The van der Waals surface area contributed by atoms with Crippen molar-refractivity contribution in [3.05, 3.63) is 23.8 Å². The SMILES string of the molecule is Cc1cccc2c1N(C)C(=O)C(C(C)C)N2. The number of nitrogens with zero attached hydrogens (tertiary/aromatic N) is 1. The van der Waals surface area contributed by atoms with Crippen LogP contribution in [0.3, 0.4) is 0 Å². The highest BCUT2D eigenvalue weighted by Gasteiger charge is 2.32. The second-order valence-corrected chi connectivity index (χ2v) is 4.73. The number of amides is 1. The molecule has 1 aromatic carbocycles. The smallest absolute Gasteiger partial charge is 0.249 e. The Labute approximate surface area is 96.5 Å². The molecular weight excluding hydrogens is 200 g/mol. The summed E-state index contributed by atoms with van der Waals surface area (Å²) in [6.07, 6.45) is 0. The van der Waals surface area contributed by atoms with Crippen molar-refractivity contribution in [2.45, 2.75) is 26.8 Å². The van der Waals surface area contributed by atoms with E-state index in [0.717, 1.165) is 16.9 Å². The standard InChI is InChI=1S/C13H18N2O/c1-8(2)11-13(16)15(4)12-9(3)6-5-7-10(12)14-11/h5-8,11,14H,1-4H3. The largest absolute Gasteiger partial charge is 0.372 e. The van der Waals surface area contributed by atoms with Crippen LogP contribution in [0.25, 0.3) is 0 Å². The molecule has 1 N–H and O–H groups in total. The number of anilines is 2. The average Bonchev–Trinajstić information content (AvgIpc) is 2.22. The van der Waals surface area contributed by atoms with Crippen molar-refractivity contribution in [2.24, 2.45) is 5.92 Å². The lowest BCUT2D eigenvalue weighted by Crippen LogP contribution is -2.48. The van der Waals surface area contributed by atoms with Gasteiger partial charge in [0.2, 0.25) is 5.91 Å². The van der Waals surface area contributed by atoms with Crippen molar-refractivity contribution < 1.29 is 4.79 Å². The minimum Gasteiger partial charge on any atom is -0.372 e. The molecule has 0 spiro atoms. The molecule has 0 radical (unpaired) electrons. The third-order valence-electron chi connectivity index (χ3n) is 3.15. The molecule has 86 valence electrons. The molecule has 16 heavy (non-hydrogen) atoms. The summed E-state index contributed by atoms with van der Waals surface area (Å²) in [4.78, 5) is 13.9. The van der Waals surface area contributed by atoms with E-state index in [0.29, 0.717) is 5.92 Å². The van der Waals surface area contributed by atoms with Gasteiger partial charge in [-0.25, -0.2) is 0 Å². The summed E-state index contributed by atoms with van der Waals surface area (Å²) < 4.78 is 0. The lowest BCUT2D eigenvalue weighted by Gasteiger charge is -2.35. The van der Waals surface area contributed by atoms with Gasteiger partial charge in [0.25, 0.3) is 0 Å². The van der Waals surface area contributed by atoms with Crippen LogP contribution in [-0.4, -0.2) is 19.0 Å². The molecule has 1 aliphatic rings. The third kappa shape index (κ3) is 1.56. The van der Waals surface area contributed by atoms with Gasteiger partial charge < -0.3 is 10.2 Å². The highest BCUT2D eigenvalue weighted by Crippen LogP contribution is 2.34. The van der Waals surface area contributed by atoms with Gasteiger partial charge in [0, 0.05) is 7.05 Å². The number of hydrogen-bond acceptors (Lipinski definition) is 2. The maximum absolute atomic E-state index is 12.1. The van der Waals surface area contributed by atoms with Crippen LogP contribution < -0.4 is 10.2 Å². The van der Waals surface area contributed by atoms with Gasteiger partial charge in [-0.15, -0.1) is 0 Å². The highest BCUT2D eigenvalue weighted by atomic mass is 16.2. The van der Waals surface area contributed by atoms with E-state index in [4.69, 9.17) is 0 Å². The molecule has 1 atom stereocenters. The first-order valence-corrected chi connectivity index (χ1v) is 5.66. The molecule has 1 aromatic rings. The number of nitrogens with one attached hydrogen (secondary N) is 1. The summed E-state index contributed by atoms with van der Waals surface area (Å²) >= 11 is 0. The summed E-state index contributed by atoms with van der Waals surface area (Å²) in [6.45, 7) is 6.15. The third-order valence-corrected chi connectivity index (χ3v) is 3.15. The molecule has 1 aliphatic heterocycles.